The molecule has 1 spiro atoms. The average molecular weight is 586 g/mol. The van der Waals surface area contributed by atoms with Crippen molar-refractivity contribution in [2.75, 3.05) is 37.4 Å². The first-order chi connectivity index (χ1) is 20.5. The number of rotatable bonds is 6. The monoisotopic (exact) mass is 585 g/mol. The summed E-state index contributed by atoms with van der Waals surface area (Å²) in [6.45, 7) is 6.03. The Morgan fingerprint density at radius 1 is 1.12 bits per heavy atom. The summed E-state index contributed by atoms with van der Waals surface area (Å²) in [5, 5.41) is 18.0. The van der Waals surface area contributed by atoms with Crippen molar-refractivity contribution in [1.82, 2.24) is 14.7 Å². The summed E-state index contributed by atoms with van der Waals surface area (Å²) >= 11 is 0. The van der Waals surface area contributed by atoms with Gasteiger partial charge in [-0.15, -0.1) is 0 Å². The van der Waals surface area contributed by atoms with Gasteiger partial charge in [0.15, 0.2) is 17.0 Å². The molecular weight excluding hydrogens is 550 g/mol. The number of piperidine rings is 1. The Morgan fingerprint density at radius 2 is 1.86 bits per heavy atom. The van der Waals surface area contributed by atoms with E-state index in [9.17, 15) is 19.5 Å². The Morgan fingerprint density at radius 3 is 2.58 bits per heavy atom. The molecule has 1 atom stereocenters. The number of para-hydroxylation sites is 1. The van der Waals surface area contributed by atoms with Crippen LogP contribution in [0.5, 0.6) is 0 Å². The number of aryl methyl sites for hydroxylation is 1. The molecule has 0 bridgehead atoms. The van der Waals surface area contributed by atoms with E-state index in [1.54, 1.807) is 50.5 Å². The fraction of sp³-hybridized carbons (Fsp3) is 0.375. The van der Waals surface area contributed by atoms with Gasteiger partial charge in [-0.1, -0.05) is 18.2 Å². The number of ether oxygens (including phenoxy) is 1. The molecule has 224 valence electrons. The lowest BCUT2D eigenvalue weighted by molar-refractivity contribution is -0.106. The van der Waals surface area contributed by atoms with Gasteiger partial charge in [0.25, 0.3) is 5.91 Å². The third-order valence-corrected chi connectivity index (χ3v) is 8.42. The van der Waals surface area contributed by atoms with Crippen molar-refractivity contribution < 1.29 is 23.8 Å². The molecule has 4 aromatic rings. The number of nitrogens with zero attached hydrogens (tertiary/aromatic N) is 4. The van der Waals surface area contributed by atoms with Crippen LogP contribution in [0.1, 0.15) is 63.5 Å². The van der Waals surface area contributed by atoms with Crippen LogP contribution in [-0.2, 0) is 17.9 Å². The second kappa shape index (κ2) is 10.9. The second-order valence-corrected chi connectivity index (χ2v) is 11.7. The molecule has 43 heavy (non-hydrogen) atoms. The number of carboxylic acid groups (broad SMARTS) is 1. The van der Waals surface area contributed by atoms with Gasteiger partial charge in [-0.05, 0) is 56.5 Å². The molecule has 1 amide bonds. The minimum atomic E-state index is -1.02. The zero-order chi connectivity index (χ0) is 30.5. The van der Waals surface area contributed by atoms with Crippen LogP contribution < -0.4 is 15.6 Å². The first kappa shape index (κ1) is 28.5. The molecule has 6 rings (SSSR count). The van der Waals surface area contributed by atoms with Gasteiger partial charge in [-0.2, -0.15) is 5.10 Å². The van der Waals surface area contributed by atoms with E-state index in [-0.39, 0.29) is 22.9 Å². The molecule has 4 heterocycles. The highest BCUT2D eigenvalue weighted by atomic mass is 16.5. The Balaban J connectivity index is 1.24. The number of anilines is 2. The summed E-state index contributed by atoms with van der Waals surface area (Å²) in [6.07, 6.45) is 1.41. The SMILES string of the molecule is Cc1cc(C(C)Nc2ccccc2C(=O)O)c2oc(N3CCC4(CC3)Cn3nc(C(=O)N(C)C)cc3CO4)cc(=O)c2c1. The molecule has 2 N–H and O–H groups in total. The van der Waals surface area contributed by atoms with Gasteiger partial charge in [-0.3, -0.25) is 14.3 Å². The second-order valence-electron chi connectivity index (χ2n) is 11.7. The highest BCUT2D eigenvalue weighted by Crippen LogP contribution is 2.36. The van der Waals surface area contributed by atoms with Crippen LogP contribution in [0.3, 0.4) is 0 Å². The Bertz CT molecular complexity index is 1780. The predicted molar refractivity (Wildman–Crippen MR) is 162 cm³/mol. The molecule has 0 saturated carbocycles. The highest BCUT2D eigenvalue weighted by Gasteiger charge is 2.40. The lowest BCUT2D eigenvalue weighted by atomic mass is 9.90. The van der Waals surface area contributed by atoms with Crippen molar-refractivity contribution in [2.45, 2.75) is 51.5 Å². The molecular formula is C32H35N5O6. The number of nitrogens with one attached hydrogen (secondary N) is 1. The van der Waals surface area contributed by atoms with Crippen molar-refractivity contribution in [3.8, 4) is 0 Å². The number of benzene rings is 2. The summed E-state index contributed by atoms with van der Waals surface area (Å²) in [5.74, 6) is -0.665. The van der Waals surface area contributed by atoms with Crippen molar-refractivity contribution in [3.05, 3.63) is 86.8 Å². The van der Waals surface area contributed by atoms with E-state index in [2.05, 4.69) is 15.3 Å². The van der Waals surface area contributed by atoms with E-state index in [1.807, 2.05) is 30.7 Å². The third kappa shape index (κ3) is 5.36. The molecule has 1 fully saturated rings. The van der Waals surface area contributed by atoms with Gasteiger partial charge in [-0.25, -0.2) is 4.79 Å². The van der Waals surface area contributed by atoms with E-state index >= 15 is 0 Å². The molecule has 0 aliphatic carbocycles. The van der Waals surface area contributed by atoms with E-state index in [0.717, 1.165) is 16.8 Å². The third-order valence-electron chi connectivity index (χ3n) is 8.42. The van der Waals surface area contributed by atoms with Crippen molar-refractivity contribution >= 4 is 34.4 Å². The van der Waals surface area contributed by atoms with Gasteiger partial charge in [0.2, 0.25) is 0 Å². The summed E-state index contributed by atoms with van der Waals surface area (Å²) in [4.78, 5) is 41.1. The number of carbonyl (C=O) groups is 2. The van der Waals surface area contributed by atoms with Crippen molar-refractivity contribution in [1.29, 1.82) is 0 Å². The lowest BCUT2D eigenvalue weighted by Gasteiger charge is -2.43. The fourth-order valence-electron chi connectivity index (χ4n) is 6.03. The van der Waals surface area contributed by atoms with Crippen LogP contribution in [0.25, 0.3) is 11.0 Å². The van der Waals surface area contributed by atoms with E-state index in [1.165, 1.54) is 4.90 Å². The standard InChI is InChI=1S/C32H35N5O6/c1-19-13-23(20(2)33-25-8-6-5-7-22(25)31(40)41)29-24(14-19)27(38)16-28(43-29)36-11-9-32(10-12-36)18-37-21(17-42-32)15-26(34-37)30(39)35(3)4/h5-8,13-16,20,33H,9-12,17-18H2,1-4H3,(H,40,41). The fourth-order valence-corrected chi connectivity index (χ4v) is 6.03. The lowest BCUT2D eigenvalue weighted by Crippen LogP contribution is -2.51. The summed E-state index contributed by atoms with van der Waals surface area (Å²) in [5.41, 5.74) is 3.57. The predicted octanol–water partition coefficient (Wildman–Crippen LogP) is 4.44. The minimum Gasteiger partial charge on any atom is -0.478 e. The van der Waals surface area contributed by atoms with Crippen molar-refractivity contribution in [2.24, 2.45) is 0 Å². The topological polar surface area (TPSA) is 130 Å². The van der Waals surface area contributed by atoms with Crippen LogP contribution in [0, 0.1) is 6.92 Å². The number of amides is 1. The maximum absolute atomic E-state index is 13.4. The van der Waals surface area contributed by atoms with Crippen LogP contribution in [0.15, 0.2) is 57.7 Å². The van der Waals surface area contributed by atoms with Crippen molar-refractivity contribution in [3.63, 3.8) is 0 Å². The molecule has 2 aromatic carbocycles. The van der Waals surface area contributed by atoms with Crippen LogP contribution in [0.4, 0.5) is 11.6 Å². The molecule has 11 heteroatoms. The van der Waals surface area contributed by atoms with Gasteiger partial charge < -0.3 is 29.4 Å². The molecule has 1 unspecified atom stereocenters. The first-order valence-corrected chi connectivity index (χ1v) is 14.4. The number of carbonyl (C=O) groups excluding carboxylic acids is 1. The van der Waals surface area contributed by atoms with Crippen LogP contribution >= 0.6 is 0 Å². The molecule has 2 aromatic heterocycles. The number of fused-ring (bicyclic) bond motifs is 2. The van der Waals surface area contributed by atoms with E-state index in [4.69, 9.17) is 9.15 Å². The Labute approximate surface area is 248 Å². The largest absolute Gasteiger partial charge is 0.478 e. The van der Waals surface area contributed by atoms with Gasteiger partial charge in [0.1, 0.15) is 5.58 Å². The average Bonchev–Trinajstić information content (AvgIpc) is 3.40. The Kier molecular flexibility index (Phi) is 7.21. The minimum absolute atomic E-state index is 0.132. The molecule has 0 radical (unpaired) electrons. The quantitative estimate of drug-likeness (QED) is 0.337. The Hall–Kier alpha value is -4.64. The molecule has 2 aliphatic heterocycles. The number of hydrogen-bond acceptors (Lipinski definition) is 8. The molecule has 11 nitrogen and oxygen atoms in total. The normalized spacial score (nSPS) is 16.6. The van der Waals surface area contributed by atoms with Crippen LogP contribution in [-0.4, -0.2) is 64.4 Å². The maximum Gasteiger partial charge on any atom is 0.337 e. The zero-order valence-electron chi connectivity index (χ0n) is 24.7. The number of carboxylic acids is 1. The number of aromatic carboxylic acids is 1. The number of aromatic nitrogens is 2. The van der Waals surface area contributed by atoms with Gasteiger partial charge in [0, 0.05) is 44.5 Å². The summed E-state index contributed by atoms with van der Waals surface area (Å²) in [7, 11) is 3.42. The van der Waals surface area contributed by atoms with Gasteiger partial charge in [0.05, 0.1) is 41.4 Å². The smallest absolute Gasteiger partial charge is 0.337 e. The van der Waals surface area contributed by atoms with Crippen LogP contribution in [0.2, 0.25) is 0 Å². The summed E-state index contributed by atoms with van der Waals surface area (Å²) in [6, 6.07) is 13.5. The van der Waals surface area contributed by atoms with E-state index < -0.39 is 11.6 Å². The zero-order valence-corrected chi connectivity index (χ0v) is 24.7. The van der Waals surface area contributed by atoms with Gasteiger partial charge >= 0.3 is 5.97 Å². The maximum atomic E-state index is 13.4. The molecule has 2 aliphatic rings. The molecule has 1 saturated heterocycles. The summed E-state index contributed by atoms with van der Waals surface area (Å²) < 4.78 is 14.7. The van der Waals surface area contributed by atoms with E-state index in [0.29, 0.717) is 67.3 Å². The number of hydrogen-bond donors (Lipinski definition) is 2. The first-order valence-electron chi connectivity index (χ1n) is 14.4. The highest BCUT2D eigenvalue weighted by molar-refractivity contribution is 5.94.